The van der Waals surface area contributed by atoms with Crippen LogP contribution < -0.4 is 14.8 Å². The van der Waals surface area contributed by atoms with Crippen LogP contribution in [0.3, 0.4) is 0 Å². The van der Waals surface area contributed by atoms with Crippen molar-refractivity contribution in [3.05, 3.63) is 106 Å². The Morgan fingerprint density at radius 2 is 1.72 bits per heavy atom. The molecule has 1 heterocycles. The zero-order valence-corrected chi connectivity index (χ0v) is 21.1. The number of carbonyl (C=O) groups is 1. The van der Waals surface area contributed by atoms with E-state index in [4.69, 9.17) is 21.1 Å². The Hall–Kier alpha value is -3.74. The number of nitrogens with one attached hydrogen (secondary N) is 1. The van der Waals surface area contributed by atoms with Gasteiger partial charge >= 0.3 is 0 Å². The molecule has 4 aromatic carbocycles. The van der Waals surface area contributed by atoms with E-state index < -0.39 is 0 Å². The molecule has 0 spiro atoms. The van der Waals surface area contributed by atoms with Gasteiger partial charge in [0.25, 0.3) is 5.91 Å². The number of hydrogen-bond donors (Lipinski definition) is 1. The van der Waals surface area contributed by atoms with Crippen molar-refractivity contribution in [2.75, 3.05) is 6.61 Å². The fourth-order valence-corrected chi connectivity index (χ4v) is 4.71. The van der Waals surface area contributed by atoms with Crippen LogP contribution in [-0.4, -0.2) is 17.7 Å². The zero-order valence-electron chi connectivity index (χ0n) is 19.5. The first-order valence-electron chi connectivity index (χ1n) is 11.5. The predicted octanol–water partition coefficient (Wildman–Crippen LogP) is 7.36. The van der Waals surface area contributed by atoms with Gasteiger partial charge < -0.3 is 14.8 Å². The van der Waals surface area contributed by atoms with Crippen LogP contribution >= 0.6 is 23.4 Å². The Kier molecular flexibility index (Phi) is 7.26. The van der Waals surface area contributed by atoms with Crippen molar-refractivity contribution in [3.63, 3.8) is 0 Å². The van der Waals surface area contributed by atoms with E-state index >= 15 is 0 Å². The molecule has 0 aromatic heterocycles. The molecule has 7 heteroatoms. The van der Waals surface area contributed by atoms with Crippen molar-refractivity contribution < 1.29 is 14.3 Å². The number of thioether (sulfide) groups is 1. The summed E-state index contributed by atoms with van der Waals surface area (Å²) in [5.74, 6) is 1.07. The molecule has 1 amide bonds. The average Bonchev–Trinajstić information content (AvgIpc) is 3.22. The van der Waals surface area contributed by atoms with Gasteiger partial charge in [-0.25, -0.2) is 4.99 Å². The van der Waals surface area contributed by atoms with E-state index in [9.17, 15) is 4.79 Å². The highest BCUT2D eigenvalue weighted by atomic mass is 35.5. The molecule has 0 atom stereocenters. The maximum Gasteiger partial charge on any atom is 0.264 e. The summed E-state index contributed by atoms with van der Waals surface area (Å²) in [4.78, 5) is 17.8. The van der Waals surface area contributed by atoms with Gasteiger partial charge in [-0.1, -0.05) is 60.1 Å². The number of carbonyl (C=O) groups excluding carboxylic acids is 1. The van der Waals surface area contributed by atoms with Crippen LogP contribution in [0, 0.1) is 0 Å². The number of amidine groups is 1. The monoisotopic (exact) mass is 514 g/mol. The topological polar surface area (TPSA) is 59.9 Å². The van der Waals surface area contributed by atoms with Crippen LogP contribution in [0.5, 0.6) is 11.5 Å². The second-order valence-electron chi connectivity index (χ2n) is 8.07. The first-order valence-corrected chi connectivity index (χ1v) is 12.7. The molecule has 0 unspecified atom stereocenters. The molecular formula is C29H23ClN2O3S. The van der Waals surface area contributed by atoms with Crippen molar-refractivity contribution in [3.8, 4) is 11.5 Å². The summed E-state index contributed by atoms with van der Waals surface area (Å²) in [5.41, 5.74) is 2.63. The largest absolute Gasteiger partial charge is 0.490 e. The number of amides is 1. The van der Waals surface area contributed by atoms with E-state index in [1.54, 1.807) is 0 Å². The van der Waals surface area contributed by atoms with Crippen LogP contribution in [0.25, 0.3) is 16.8 Å². The second-order valence-corrected chi connectivity index (χ2v) is 9.53. The van der Waals surface area contributed by atoms with Crippen LogP contribution in [0.4, 0.5) is 5.69 Å². The van der Waals surface area contributed by atoms with Crippen LogP contribution in [0.2, 0.25) is 5.02 Å². The predicted molar refractivity (Wildman–Crippen MR) is 148 cm³/mol. The van der Waals surface area contributed by atoms with E-state index in [0.29, 0.717) is 39.8 Å². The third-order valence-electron chi connectivity index (χ3n) is 5.49. The molecule has 0 aliphatic carbocycles. The Morgan fingerprint density at radius 1 is 0.917 bits per heavy atom. The molecule has 1 aliphatic rings. The Labute approximate surface area is 218 Å². The summed E-state index contributed by atoms with van der Waals surface area (Å²) in [6.45, 7) is 2.81. The van der Waals surface area contributed by atoms with Gasteiger partial charge in [-0.2, -0.15) is 0 Å². The van der Waals surface area contributed by atoms with Crippen molar-refractivity contribution in [2.45, 2.75) is 13.5 Å². The number of ether oxygens (including phenoxy) is 2. The number of halogens is 1. The third-order valence-corrected chi connectivity index (χ3v) is 6.65. The molecule has 4 aromatic rings. The smallest absolute Gasteiger partial charge is 0.264 e. The highest BCUT2D eigenvalue weighted by molar-refractivity contribution is 8.18. The molecule has 0 radical (unpaired) electrons. The quantitative estimate of drug-likeness (QED) is 0.262. The molecule has 5 rings (SSSR count). The maximum absolute atomic E-state index is 12.6. The van der Waals surface area contributed by atoms with E-state index in [1.165, 1.54) is 11.8 Å². The highest BCUT2D eigenvalue weighted by Crippen LogP contribution is 2.33. The number of rotatable bonds is 7. The van der Waals surface area contributed by atoms with Gasteiger partial charge in [0, 0.05) is 5.02 Å². The minimum Gasteiger partial charge on any atom is -0.490 e. The molecule has 0 saturated carbocycles. The fourth-order valence-electron chi connectivity index (χ4n) is 3.74. The second kappa shape index (κ2) is 10.9. The number of fused-ring (bicyclic) bond motifs is 1. The third kappa shape index (κ3) is 5.73. The standard InChI is InChI=1S/C29H23ClN2O3S/c1-2-34-26-15-20(9-14-25(26)35-18-19-7-11-23(30)12-8-19)16-27-28(33)32-29(36-27)31-24-13-10-21-5-3-4-6-22(21)17-24/h3-17H,2,18H2,1H3,(H,31,32,33)/b27-16-. The summed E-state index contributed by atoms with van der Waals surface area (Å²) in [6.07, 6.45) is 1.83. The summed E-state index contributed by atoms with van der Waals surface area (Å²) in [5, 5.41) is 6.34. The minimum absolute atomic E-state index is 0.180. The summed E-state index contributed by atoms with van der Waals surface area (Å²) < 4.78 is 11.8. The lowest BCUT2D eigenvalue weighted by Gasteiger charge is -2.13. The first-order chi connectivity index (χ1) is 17.6. The lowest BCUT2D eigenvalue weighted by molar-refractivity contribution is -0.115. The van der Waals surface area contributed by atoms with Crippen LogP contribution in [-0.2, 0) is 11.4 Å². The van der Waals surface area contributed by atoms with E-state index in [1.807, 2.05) is 91.9 Å². The molecule has 1 N–H and O–H groups in total. The van der Waals surface area contributed by atoms with Gasteiger partial charge in [0.15, 0.2) is 16.7 Å². The van der Waals surface area contributed by atoms with Gasteiger partial charge in [0.1, 0.15) is 6.61 Å². The fraction of sp³-hybridized carbons (Fsp3) is 0.103. The van der Waals surface area contributed by atoms with Gasteiger partial charge in [-0.05, 0) is 83.1 Å². The SMILES string of the molecule is CCOc1cc(/C=C2\SC(=Nc3ccc4ccccc4c3)NC2=O)ccc1OCc1ccc(Cl)cc1. The lowest BCUT2D eigenvalue weighted by atomic mass is 10.1. The zero-order chi connectivity index (χ0) is 24.9. The Bertz CT molecular complexity index is 1480. The lowest BCUT2D eigenvalue weighted by Crippen LogP contribution is -2.19. The Balaban J connectivity index is 1.32. The number of nitrogens with zero attached hydrogens (tertiary/aromatic N) is 1. The van der Waals surface area contributed by atoms with Gasteiger partial charge in [0.2, 0.25) is 0 Å². The average molecular weight is 515 g/mol. The van der Waals surface area contributed by atoms with Crippen LogP contribution in [0.15, 0.2) is 94.8 Å². The van der Waals surface area contributed by atoms with E-state index in [-0.39, 0.29) is 5.91 Å². The number of benzene rings is 4. The van der Waals surface area contributed by atoms with E-state index in [2.05, 4.69) is 16.4 Å². The van der Waals surface area contributed by atoms with Crippen molar-refractivity contribution in [2.24, 2.45) is 4.99 Å². The summed E-state index contributed by atoms with van der Waals surface area (Å²) >= 11 is 7.27. The van der Waals surface area contributed by atoms with E-state index in [0.717, 1.165) is 27.6 Å². The van der Waals surface area contributed by atoms with Crippen molar-refractivity contribution in [1.82, 2.24) is 5.32 Å². The molecule has 1 fully saturated rings. The molecule has 1 aliphatic heterocycles. The summed E-state index contributed by atoms with van der Waals surface area (Å²) in [6, 6.07) is 27.2. The number of aliphatic imine (C=N–C) groups is 1. The minimum atomic E-state index is -0.180. The molecule has 180 valence electrons. The van der Waals surface area contributed by atoms with Crippen LogP contribution in [0.1, 0.15) is 18.1 Å². The molecule has 1 saturated heterocycles. The molecule has 0 bridgehead atoms. The van der Waals surface area contributed by atoms with Gasteiger partial charge in [-0.15, -0.1) is 0 Å². The first kappa shape index (κ1) is 24.0. The van der Waals surface area contributed by atoms with Gasteiger partial charge in [-0.3, -0.25) is 4.79 Å². The summed E-state index contributed by atoms with van der Waals surface area (Å²) in [7, 11) is 0. The highest BCUT2D eigenvalue weighted by Gasteiger charge is 2.24. The molecule has 36 heavy (non-hydrogen) atoms. The maximum atomic E-state index is 12.6. The van der Waals surface area contributed by atoms with Crippen molar-refractivity contribution >= 4 is 57.0 Å². The molecular weight excluding hydrogens is 492 g/mol. The molecule has 5 nitrogen and oxygen atoms in total. The van der Waals surface area contributed by atoms with Gasteiger partial charge in [0.05, 0.1) is 17.2 Å². The Morgan fingerprint density at radius 3 is 2.53 bits per heavy atom. The van der Waals surface area contributed by atoms with Crippen molar-refractivity contribution in [1.29, 1.82) is 0 Å². The number of hydrogen-bond acceptors (Lipinski definition) is 5. The normalized spacial score (nSPS) is 15.4.